The summed E-state index contributed by atoms with van der Waals surface area (Å²) in [5.41, 5.74) is 1.48. The molecule has 0 aromatic heterocycles. The Hall–Kier alpha value is -0.693. The lowest BCUT2D eigenvalue weighted by molar-refractivity contribution is -0.152. The Morgan fingerprint density at radius 1 is 1.12 bits per heavy atom. The van der Waals surface area contributed by atoms with E-state index in [1.54, 1.807) is 13.8 Å². The third kappa shape index (κ3) is 5.41. The lowest BCUT2D eigenvalue weighted by Gasteiger charge is -2.39. The molecule has 0 aliphatic carbocycles. The Bertz CT molecular complexity index is 526. The van der Waals surface area contributed by atoms with Gasteiger partial charge in [-0.1, -0.05) is 61.8 Å². The topological polar surface area (TPSA) is 44.8 Å². The monoisotopic (exact) mass is 416 g/mol. The zero-order valence-corrected chi connectivity index (χ0v) is 18.1. The first kappa shape index (κ1) is 21.3. The second kappa shape index (κ2) is 9.70. The number of carbonyl (C=O) groups is 1. The summed E-state index contributed by atoms with van der Waals surface area (Å²) in [5.74, 6) is -0.333. The van der Waals surface area contributed by atoms with Gasteiger partial charge in [-0.25, -0.2) is 4.79 Å². The maximum Gasteiger partial charge on any atom is 0.344 e. The lowest BCUT2D eigenvalue weighted by Crippen LogP contribution is -2.51. The molecule has 0 aliphatic rings. The van der Waals surface area contributed by atoms with Gasteiger partial charge in [0.15, 0.2) is 0 Å². The highest BCUT2D eigenvalue weighted by Crippen LogP contribution is 2.37. The van der Waals surface area contributed by atoms with E-state index in [2.05, 4.69) is 43.6 Å². The maximum absolute atomic E-state index is 12.0. The summed E-state index contributed by atoms with van der Waals surface area (Å²) in [6.07, 6.45) is -0.624. The predicted octanol–water partition coefficient (Wildman–Crippen LogP) is 5.20. The van der Waals surface area contributed by atoms with E-state index in [0.717, 1.165) is 10.0 Å². The summed E-state index contributed by atoms with van der Waals surface area (Å²) in [6, 6.07) is 7.98. The zero-order valence-electron chi connectivity index (χ0n) is 15.5. The minimum Gasteiger partial charge on any atom is -0.464 e. The summed E-state index contributed by atoms with van der Waals surface area (Å²) in [5, 5.41) is 0. The van der Waals surface area contributed by atoms with Crippen molar-refractivity contribution in [3.05, 3.63) is 34.3 Å². The van der Waals surface area contributed by atoms with Crippen LogP contribution in [0.1, 0.15) is 47.1 Å². The molecule has 0 spiro atoms. The van der Waals surface area contributed by atoms with Crippen LogP contribution in [0.15, 0.2) is 28.7 Å². The summed E-state index contributed by atoms with van der Waals surface area (Å²) in [4.78, 5) is 12.0. The van der Waals surface area contributed by atoms with Crippen LogP contribution in [0.25, 0.3) is 0 Å². The van der Waals surface area contributed by atoms with Crippen molar-refractivity contribution in [2.45, 2.75) is 65.3 Å². The number of esters is 1. The molecule has 0 N–H and O–H groups in total. The molecule has 24 heavy (non-hydrogen) atoms. The van der Waals surface area contributed by atoms with Crippen molar-refractivity contribution >= 4 is 30.5 Å². The van der Waals surface area contributed by atoms with Crippen LogP contribution in [0.4, 0.5) is 0 Å². The number of ether oxygens (including phenoxy) is 1. The number of hydrogen-bond acceptors (Lipinski definition) is 4. The van der Waals surface area contributed by atoms with Gasteiger partial charge >= 0.3 is 14.5 Å². The van der Waals surface area contributed by atoms with Crippen molar-refractivity contribution in [3.8, 4) is 0 Å². The molecule has 6 heteroatoms. The molecule has 1 atom stereocenters. The molecule has 0 radical (unpaired) electrons. The zero-order chi connectivity index (χ0) is 18.3. The van der Waals surface area contributed by atoms with E-state index in [0.29, 0.717) is 13.2 Å². The fourth-order valence-corrected chi connectivity index (χ4v) is 6.74. The molecular weight excluding hydrogens is 388 g/mol. The average Bonchev–Trinajstić information content (AvgIpc) is 2.52. The lowest BCUT2D eigenvalue weighted by atomic mass is 10.2. The third-order valence-electron chi connectivity index (χ3n) is 4.00. The van der Waals surface area contributed by atoms with Crippen molar-refractivity contribution in [2.75, 3.05) is 6.61 Å². The van der Waals surface area contributed by atoms with Crippen LogP contribution in [0.5, 0.6) is 0 Å². The molecule has 1 aromatic carbocycles. The second-order valence-corrected chi connectivity index (χ2v) is 11.6. The van der Waals surface area contributed by atoms with Gasteiger partial charge in [0, 0.05) is 4.47 Å². The fourth-order valence-electron chi connectivity index (χ4n) is 2.70. The molecule has 4 nitrogen and oxygen atoms in total. The molecule has 136 valence electrons. The van der Waals surface area contributed by atoms with Gasteiger partial charge in [0.1, 0.15) is 6.10 Å². The molecule has 0 amide bonds. The first-order valence-electron chi connectivity index (χ1n) is 8.46. The quantitative estimate of drug-likeness (QED) is 0.409. The largest absolute Gasteiger partial charge is 0.464 e. The molecule has 0 heterocycles. The minimum atomic E-state index is -2.63. The summed E-state index contributed by atoms with van der Waals surface area (Å²) in [7, 11) is -2.63. The molecule has 0 unspecified atom stereocenters. The van der Waals surface area contributed by atoms with Crippen LogP contribution in [0, 0.1) is 0 Å². The number of hydrogen-bond donors (Lipinski definition) is 0. The van der Waals surface area contributed by atoms with E-state index in [1.807, 2.05) is 24.3 Å². The van der Waals surface area contributed by atoms with Gasteiger partial charge < -0.3 is 13.6 Å². The summed E-state index contributed by atoms with van der Waals surface area (Å²) >= 11 is 3.55. The van der Waals surface area contributed by atoms with Gasteiger partial charge in [-0.05, 0) is 36.6 Å². The summed E-state index contributed by atoms with van der Waals surface area (Å²) < 4.78 is 18.8. The van der Waals surface area contributed by atoms with Crippen LogP contribution < -0.4 is 0 Å². The molecule has 0 saturated heterocycles. The SMILES string of the molecule is CCOC(=O)[C@H](C)O[Si](OCc1ccccc1Br)(C(C)C)C(C)C. The normalized spacial score (nSPS) is 13.4. The molecule has 0 bridgehead atoms. The highest BCUT2D eigenvalue weighted by molar-refractivity contribution is 9.10. The maximum atomic E-state index is 12.0. The third-order valence-corrected chi connectivity index (χ3v) is 9.31. The molecule has 0 saturated carbocycles. The Kier molecular flexibility index (Phi) is 8.63. The van der Waals surface area contributed by atoms with E-state index in [-0.39, 0.29) is 17.1 Å². The van der Waals surface area contributed by atoms with Crippen molar-refractivity contribution in [2.24, 2.45) is 0 Å². The van der Waals surface area contributed by atoms with Crippen molar-refractivity contribution < 1.29 is 18.4 Å². The molecule has 0 aliphatic heterocycles. The number of halogens is 1. The van der Waals surface area contributed by atoms with E-state index >= 15 is 0 Å². The summed E-state index contributed by atoms with van der Waals surface area (Å²) in [6.45, 7) is 12.8. The van der Waals surface area contributed by atoms with Gasteiger partial charge in [0.25, 0.3) is 0 Å². The van der Waals surface area contributed by atoms with Crippen molar-refractivity contribution in [1.29, 1.82) is 0 Å². The Labute approximate surface area is 155 Å². The minimum absolute atomic E-state index is 0.205. The molecule has 1 aromatic rings. The van der Waals surface area contributed by atoms with Crippen LogP contribution >= 0.6 is 15.9 Å². The van der Waals surface area contributed by atoms with Gasteiger partial charge in [-0.2, -0.15) is 0 Å². The van der Waals surface area contributed by atoms with E-state index < -0.39 is 14.7 Å². The molecule has 1 rings (SSSR count). The smallest absolute Gasteiger partial charge is 0.344 e. The Morgan fingerprint density at radius 3 is 2.21 bits per heavy atom. The number of rotatable bonds is 9. The van der Waals surface area contributed by atoms with E-state index in [4.69, 9.17) is 13.6 Å². The van der Waals surface area contributed by atoms with Gasteiger partial charge in [-0.15, -0.1) is 0 Å². The van der Waals surface area contributed by atoms with Gasteiger partial charge in [0.05, 0.1) is 13.2 Å². The van der Waals surface area contributed by atoms with Gasteiger partial charge in [-0.3, -0.25) is 0 Å². The Balaban J connectivity index is 2.97. The first-order valence-corrected chi connectivity index (χ1v) is 11.2. The van der Waals surface area contributed by atoms with E-state index in [9.17, 15) is 4.79 Å². The first-order chi connectivity index (χ1) is 11.2. The van der Waals surface area contributed by atoms with E-state index in [1.165, 1.54) is 0 Å². The predicted molar refractivity (Wildman–Crippen MR) is 102 cm³/mol. The second-order valence-electron chi connectivity index (χ2n) is 6.42. The van der Waals surface area contributed by atoms with Crippen LogP contribution in [-0.4, -0.2) is 27.2 Å². The van der Waals surface area contributed by atoms with Crippen LogP contribution in [-0.2, 0) is 25.0 Å². The van der Waals surface area contributed by atoms with Crippen molar-refractivity contribution in [1.82, 2.24) is 0 Å². The van der Waals surface area contributed by atoms with Crippen LogP contribution in [0.3, 0.4) is 0 Å². The molecule has 0 fully saturated rings. The number of benzene rings is 1. The number of carbonyl (C=O) groups excluding carboxylic acids is 1. The average molecular weight is 417 g/mol. The highest BCUT2D eigenvalue weighted by atomic mass is 79.9. The molecular formula is C18H29BrO4Si. The van der Waals surface area contributed by atoms with Crippen molar-refractivity contribution in [3.63, 3.8) is 0 Å². The van der Waals surface area contributed by atoms with Crippen LogP contribution in [0.2, 0.25) is 11.1 Å². The fraction of sp³-hybridized carbons (Fsp3) is 0.611. The Morgan fingerprint density at radius 2 is 1.71 bits per heavy atom. The van der Waals surface area contributed by atoms with Gasteiger partial charge in [0.2, 0.25) is 0 Å². The standard InChI is InChI=1S/C18H29BrO4Si/c1-7-21-18(20)15(6)23-24(13(2)3,14(4)5)22-12-16-10-8-9-11-17(16)19/h8-11,13-15H,7,12H2,1-6H3/t15-/m0/s1. The highest BCUT2D eigenvalue weighted by Gasteiger charge is 2.47.